The lowest BCUT2D eigenvalue weighted by molar-refractivity contribution is -0.135. The molecule has 0 aromatic heterocycles. The van der Waals surface area contributed by atoms with Gasteiger partial charge in [0.2, 0.25) is 11.9 Å². The average Bonchev–Trinajstić information content (AvgIpc) is 3.31. The Morgan fingerprint density at radius 1 is 1.21 bits per heavy atom. The van der Waals surface area contributed by atoms with E-state index in [1.165, 1.54) is 18.3 Å². The van der Waals surface area contributed by atoms with Crippen LogP contribution in [0.25, 0.3) is 0 Å². The Hall–Kier alpha value is -3.51. The molecule has 1 heterocycles. The van der Waals surface area contributed by atoms with Crippen LogP contribution in [-0.2, 0) is 4.79 Å². The lowest BCUT2D eigenvalue weighted by Gasteiger charge is -2.37. The third-order valence-electron chi connectivity index (χ3n) is 8.22. The van der Waals surface area contributed by atoms with Crippen molar-refractivity contribution in [2.24, 2.45) is 21.6 Å². The van der Waals surface area contributed by atoms with E-state index in [4.69, 9.17) is 10.7 Å². The maximum atomic E-state index is 14.6. The lowest BCUT2D eigenvalue weighted by Crippen LogP contribution is -2.48. The van der Waals surface area contributed by atoms with Crippen molar-refractivity contribution in [3.8, 4) is 0 Å². The molecule has 1 amide bonds. The second-order valence-electron chi connectivity index (χ2n) is 11.3. The Bertz CT molecular complexity index is 1200. The largest absolute Gasteiger partial charge is 0.403 e. The van der Waals surface area contributed by atoms with E-state index in [0.29, 0.717) is 68.4 Å². The second kappa shape index (κ2) is 14.6. The van der Waals surface area contributed by atoms with Crippen molar-refractivity contribution in [1.29, 1.82) is 0 Å². The fourth-order valence-corrected chi connectivity index (χ4v) is 5.85. The fraction of sp³-hybridized carbons (Fsp3) is 0.567. The van der Waals surface area contributed by atoms with Crippen molar-refractivity contribution >= 4 is 23.4 Å². The first-order valence-corrected chi connectivity index (χ1v) is 14.9. The van der Waals surface area contributed by atoms with Crippen molar-refractivity contribution in [3.63, 3.8) is 0 Å². The number of halogens is 2. The highest BCUT2D eigenvalue weighted by Crippen LogP contribution is 2.33. The van der Waals surface area contributed by atoms with Crippen LogP contribution in [0, 0.1) is 17.6 Å². The van der Waals surface area contributed by atoms with Gasteiger partial charge in [0.1, 0.15) is 23.2 Å². The quantitative estimate of drug-likeness (QED) is 0.266. The second-order valence-corrected chi connectivity index (χ2v) is 11.3. The molecule has 0 unspecified atom stereocenters. The fourth-order valence-electron chi connectivity index (χ4n) is 5.85. The van der Waals surface area contributed by atoms with Gasteiger partial charge in [-0.1, -0.05) is 13.5 Å². The molecule has 0 spiro atoms. The van der Waals surface area contributed by atoms with Crippen molar-refractivity contribution < 1.29 is 18.7 Å². The van der Waals surface area contributed by atoms with E-state index in [-0.39, 0.29) is 35.7 Å². The molecule has 42 heavy (non-hydrogen) atoms. The minimum Gasteiger partial charge on any atom is -0.403 e. The van der Waals surface area contributed by atoms with Gasteiger partial charge in [-0.3, -0.25) is 9.69 Å². The van der Waals surface area contributed by atoms with Crippen molar-refractivity contribution in [2.75, 3.05) is 32.0 Å². The van der Waals surface area contributed by atoms with Crippen LogP contribution in [0.3, 0.4) is 0 Å². The highest BCUT2D eigenvalue weighted by molar-refractivity contribution is 6.18. The van der Waals surface area contributed by atoms with Crippen LogP contribution in [0.5, 0.6) is 0 Å². The number of aliphatic hydroxyl groups is 1. The van der Waals surface area contributed by atoms with Gasteiger partial charge in [-0.25, -0.2) is 18.8 Å². The number of nitrogens with zero attached hydrogens (tertiary/aromatic N) is 4. The third-order valence-corrected chi connectivity index (χ3v) is 8.22. The summed E-state index contributed by atoms with van der Waals surface area (Å²) < 4.78 is 28.2. The average molecular weight is 587 g/mol. The van der Waals surface area contributed by atoms with Gasteiger partial charge in [-0.05, 0) is 70.0 Å². The highest BCUT2D eigenvalue weighted by atomic mass is 19.1. The van der Waals surface area contributed by atoms with E-state index in [1.54, 1.807) is 4.90 Å². The zero-order valence-corrected chi connectivity index (χ0v) is 24.6. The number of nitrogens with one attached hydrogen (secondary N) is 3. The molecule has 230 valence electrons. The first-order chi connectivity index (χ1) is 20.2. The van der Waals surface area contributed by atoms with Crippen molar-refractivity contribution in [3.05, 3.63) is 54.1 Å². The smallest absolute Gasteiger partial charge is 0.225 e. The molecule has 1 aromatic carbocycles. The number of carbonyl (C=O) groups is 1. The number of carbonyl (C=O) groups excluding carboxylic acids is 1. The zero-order chi connectivity index (χ0) is 30.2. The summed E-state index contributed by atoms with van der Waals surface area (Å²) in [6, 6.07) is 3.36. The van der Waals surface area contributed by atoms with Crippen LogP contribution in [-0.4, -0.2) is 77.5 Å². The molecular formula is C30H44F2N8O2. The summed E-state index contributed by atoms with van der Waals surface area (Å²) in [5, 5.41) is 19.5. The Labute approximate surface area is 246 Å². The van der Waals surface area contributed by atoms with Crippen molar-refractivity contribution in [1.82, 2.24) is 20.4 Å². The summed E-state index contributed by atoms with van der Waals surface area (Å²) in [6.45, 7) is 8.41. The number of aliphatic hydroxyl groups excluding tert-OH is 1. The predicted octanol–water partition coefficient (Wildman–Crippen LogP) is 3.24. The topological polar surface area (TPSA) is 131 Å². The zero-order valence-electron chi connectivity index (χ0n) is 24.6. The van der Waals surface area contributed by atoms with Crippen LogP contribution in [0.1, 0.15) is 58.3 Å². The number of rotatable bonds is 10. The summed E-state index contributed by atoms with van der Waals surface area (Å²) in [6.07, 6.45) is 6.85. The van der Waals surface area contributed by atoms with Gasteiger partial charge >= 0.3 is 0 Å². The van der Waals surface area contributed by atoms with Crippen LogP contribution in [0.4, 0.5) is 14.5 Å². The standard InChI is InChI=1S/C30H44F2N8O2/c1-4-34-15-16-39(3)29(42)20-5-10-23(11-6-20)40-28(36-19(2)35-22-8-12-24(41)13-9-22)27(18-33)38-30(40)37-26-14-7-21(31)17-25(26)32/h7,14,17-18,20,22-24,34-35,41H,2,4-6,8-13,15-16,33H2,1,3H3,(H,37,38)/b27-18+,36-28+/t20-,22-,23+,24-. The van der Waals surface area contributed by atoms with Crippen molar-refractivity contribution in [2.45, 2.75) is 76.5 Å². The normalized spacial score (nSPS) is 26.3. The molecular weight excluding hydrogens is 542 g/mol. The van der Waals surface area contributed by atoms with Crippen LogP contribution in [0.2, 0.25) is 0 Å². The van der Waals surface area contributed by atoms with E-state index in [1.807, 2.05) is 18.9 Å². The third kappa shape index (κ3) is 7.86. The summed E-state index contributed by atoms with van der Waals surface area (Å²) >= 11 is 0. The molecule has 6 N–H and O–H groups in total. The van der Waals surface area contributed by atoms with Gasteiger partial charge in [-0.2, -0.15) is 0 Å². The molecule has 1 aromatic rings. The molecule has 2 aliphatic carbocycles. The number of guanidine groups is 1. The predicted molar refractivity (Wildman–Crippen MR) is 161 cm³/mol. The van der Waals surface area contributed by atoms with Gasteiger partial charge in [-0.15, -0.1) is 0 Å². The summed E-state index contributed by atoms with van der Waals surface area (Å²) in [7, 11) is 1.84. The monoisotopic (exact) mass is 586 g/mol. The Morgan fingerprint density at radius 2 is 1.93 bits per heavy atom. The van der Waals surface area contributed by atoms with E-state index < -0.39 is 11.6 Å². The Morgan fingerprint density at radius 3 is 2.57 bits per heavy atom. The van der Waals surface area contributed by atoms with Crippen LogP contribution < -0.4 is 21.7 Å². The molecule has 12 heteroatoms. The summed E-state index contributed by atoms with van der Waals surface area (Å²) in [5.74, 6) is -0.144. The van der Waals surface area contributed by atoms with E-state index in [9.17, 15) is 18.7 Å². The SMILES string of the molecule is C=C(/N=C1\C(=C/N)N=C(Nc2ccc(F)cc2F)N1[C@H]1CC[C@@H](C(=O)N(C)CCNCC)CC1)N[C@H]1CC[C@H](O)CC1. The molecule has 3 aliphatic rings. The molecule has 4 rings (SSSR count). The van der Waals surface area contributed by atoms with E-state index >= 15 is 0 Å². The molecule has 1 aliphatic heterocycles. The van der Waals surface area contributed by atoms with Gasteiger partial charge in [0.15, 0.2) is 5.84 Å². The number of amides is 1. The molecule has 2 fully saturated rings. The molecule has 0 saturated heterocycles. The number of benzene rings is 1. The molecule has 0 radical (unpaired) electrons. The first-order valence-electron chi connectivity index (χ1n) is 14.9. The minimum absolute atomic E-state index is 0.0710. The van der Waals surface area contributed by atoms with Gasteiger partial charge < -0.3 is 31.7 Å². The number of hydrogen-bond acceptors (Lipinski definition) is 8. The maximum Gasteiger partial charge on any atom is 0.225 e. The van der Waals surface area contributed by atoms with Gasteiger partial charge in [0, 0.05) is 50.4 Å². The molecule has 0 bridgehead atoms. The first kappa shape index (κ1) is 31.4. The number of likely N-dealkylation sites (N-methyl/N-ethyl adjacent to an activating group) is 2. The Balaban J connectivity index is 1.53. The molecule has 10 nitrogen and oxygen atoms in total. The van der Waals surface area contributed by atoms with Gasteiger partial charge in [0.25, 0.3) is 0 Å². The number of amidine groups is 1. The number of nitrogens with two attached hydrogens (primary N) is 1. The summed E-state index contributed by atoms with van der Waals surface area (Å²) in [4.78, 5) is 26.2. The lowest BCUT2D eigenvalue weighted by atomic mass is 9.84. The maximum absolute atomic E-state index is 14.6. The van der Waals surface area contributed by atoms with E-state index in [2.05, 4.69) is 27.5 Å². The van der Waals surface area contributed by atoms with E-state index in [0.717, 1.165) is 32.0 Å². The molecule has 0 atom stereocenters. The number of hydrogen-bond donors (Lipinski definition) is 5. The Kier molecular flexibility index (Phi) is 10.9. The number of aliphatic imine (C=N–C) groups is 2. The van der Waals surface area contributed by atoms with Crippen LogP contribution >= 0.6 is 0 Å². The highest BCUT2D eigenvalue weighted by Gasteiger charge is 2.38. The molecule has 2 saturated carbocycles. The van der Waals surface area contributed by atoms with Crippen LogP contribution in [0.15, 0.2) is 52.5 Å². The summed E-state index contributed by atoms with van der Waals surface area (Å²) in [5.41, 5.74) is 6.44. The van der Waals surface area contributed by atoms with Gasteiger partial charge in [0.05, 0.1) is 11.8 Å². The number of anilines is 1. The minimum atomic E-state index is -0.748.